The summed E-state index contributed by atoms with van der Waals surface area (Å²) in [5, 5.41) is 0. The van der Waals surface area contributed by atoms with Gasteiger partial charge in [0.15, 0.2) is 0 Å². The van der Waals surface area contributed by atoms with E-state index in [1.807, 2.05) is 0 Å². The van der Waals surface area contributed by atoms with E-state index in [4.69, 9.17) is 0 Å². The average Bonchev–Trinajstić information content (AvgIpc) is 0. The summed E-state index contributed by atoms with van der Waals surface area (Å²) in [7, 11) is 0. The van der Waals surface area contributed by atoms with E-state index in [1.165, 1.54) is 0 Å². The second kappa shape index (κ2) is 267. The molecule has 0 aliphatic rings. The largest absolute Gasteiger partial charge is 0.412 e. The van der Waals surface area contributed by atoms with Crippen molar-refractivity contribution in [3.05, 3.63) is 0 Å². The molecule has 0 saturated heterocycles. The minimum Gasteiger partial charge on any atom is -0.412 e. The molecule has 6 heteroatoms. The van der Waals surface area contributed by atoms with Crippen molar-refractivity contribution < 1.29 is 53.6 Å². The summed E-state index contributed by atoms with van der Waals surface area (Å²) in [5.41, 5.74) is 0. The van der Waals surface area contributed by atoms with Gasteiger partial charge in [0.2, 0.25) is 0 Å². The summed E-state index contributed by atoms with van der Waals surface area (Å²) < 4.78 is 0. The molecule has 44 valence electrons. The number of rotatable bonds is 0. The predicted octanol–water partition coefficient (Wildman–Crippen LogP) is -4.13. The Morgan fingerprint density at radius 3 is 0.333 bits per heavy atom. The molecule has 0 spiro atoms. The summed E-state index contributed by atoms with van der Waals surface area (Å²) in [6.45, 7) is 0. The monoisotopic (exact) mass is 180 g/mol. The molecule has 10 N–H and O–H groups in total. The van der Waals surface area contributed by atoms with Crippen molar-refractivity contribution in [3.8, 4) is 0 Å². The smallest absolute Gasteiger partial charge is 0 e. The molecule has 0 fully saturated rings. The zero-order valence-corrected chi connectivity index (χ0v) is 5.46. The Labute approximate surface area is 54.0 Å². The third-order valence-electron chi connectivity index (χ3n) is 0. The van der Waals surface area contributed by atoms with E-state index >= 15 is 0 Å². The molecule has 0 aliphatic carbocycles. The number of hydrogen-bond donors (Lipinski definition) is 0. The van der Waals surface area contributed by atoms with Crippen LogP contribution in [0.1, 0.15) is 0 Å². The third kappa shape index (κ3) is 136. The van der Waals surface area contributed by atoms with Crippen molar-refractivity contribution in [3.63, 3.8) is 0 Å². The van der Waals surface area contributed by atoms with E-state index in [-0.39, 0.29) is 53.6 Å². The van der Waals surface area contributed by atoms with Gasteiger partial charge in [0.25, 0.3) is 0 Å². The molecule has 0 rings (SSSR count). The maximum absolute atomic E-state index is 0. The van der Waals surface area contributed by atoms with E-state index in [0.29, 0.717) is 0 Å². The molecule has 0 amide bonds. The van der Waals surface area contributed by atoms with Gasteiger partial charge in [0, 0.05) is 26.2 Å². The normalized spacial score (nSPS) is 0. The van der Waals surface area contributed by atoms with Crippen LogP contribution in [0.25, 0.3) is 0 Å². The van der Waals surface area contributed by atoms with Crippen LogP contribution in [0.3, 0.4) is 0 Å². The van der Waals surface area contributed by atoms with Gasteiger partial charge < -0.3 is 27.4 Å². The van der Waals surface area contributed by atoms with Crippen LogP contribution in [-0.4, -0.2) is 27.4 Å². The van der Waals surface area contributed by atoms with Crippen molar-refractivity contribution in [2.45, 2.75) is 0 Å². The SMILES string of the molecule is O.O.O.O.O.[Zr]. The minimum absolute atomic E-state index is 0. The van der Waals surface area contributed by atoms with Crippen molar-refractivity contribution in [1.29, 1.82) is 0 Å². The fourth-order valence-corrected chi connectivity index (χ4v) is 0. The predicted molar refractivity (Wildman–Crippen MR) is 18.1 cm³/mol. The molecule has 0 atom stereocenters. The summed E-state index contributed by atoms with van der Waals surface area (Å²) >= 11 is 0. The first-order valence-corrected chi connectivity index (χ1v) is 0. The maximum atomic E-state index is 0. The fraction of sp³-hybridized carbons (Fsp3) is 0. The van der Waals surface area contributed by atoms with Crippen LogP contribution in [0.2, 0.25) is 0 Å². The summed E-state index contributed by atoms with van der Waals surface area (Å²) in [5.74, 6) is 0. The van der Waals surface area contributed by atoms with E-state index < -0.39 is 0 Å². The molecule has 0 heterocycles. The van der Waals surface area contributed by atoms with Crippen LogP contribution in [-0.2, 0) is 26.2 Å². The van der Waals surface area contributed by atoms with Crippen LogP contribution < -0.4 is 0 Å². The zero-order chi connectivity index (χ0) is 0. The summed E-state index contributed by atoms with van der Waals surface area (Å²) in [6.07, 6.45) is 0. The topological polar surface area (TPSA) is 158 Å². The van der Waals surface area contributed by atoms with E-state index in [9.17, 15) is 0 Å². The van der Waals surface area contributed by atoms with Gasteiger partial charge in [-0.15, -0.1) is 0 Å². The molecular formula is H10O5Zr. The Morgan fingerprint density at radius 2 is 0.333 bits per heavy atom. The van der Waals surface area contributed by atoms with Gasteiger partial charge in [-0.1, -0.05) is 0 Å². The van der Waals surface area contributed by atoms with Gasteiger partial charge in [-0.3, -0.25) is 0 Å². The first-order valence-electron chi connectivity index (χ1n) is 0. The van der Waals surface area contributed by atoms with Gasteiger partial charge in [-0.25, -0.2) is 0 Å². The summed E-state index contributed by atoms with van der Waals surface area (Å²) in [6, 6.07) is 0. The van der Waals surface area contributed by atoms with Crippen molar-refractivity contribution in [1.82, 2.24) is 0 Å². The number of hydrogen-bond acceptors (Lipinski definition) is 0. The average molecular weight is 181 g/mol. The standard InChI is InChI=1S/5H2O.Zr/h5*1H2;. The Hall–Kier alpha value is 0.683. The van der Waals surface area contributed by atoms with Crippen molar-refractivity contribution in [2.75, 3.05) is 0 Å². The first kappa shape index (κ1) is 463. The molecule has 0 aromatic carbocycles. The second-order valence-electron chi connectivity index (χ2n) is 0. The Morgan fingerprint density at radius 1 is 0.333 bits per heavy atom. The van der Waals surface area contributed by atoms with E-state index in [2.05, 4.69) is 0 Å². The molecule has 0 aliphatic heterocycles. The van der Waals surface area contributed by atoms with Gasteiger partial charge in [-0.2, -0.15) is 0 Å². The molecule has 0 bridgehead atoms. The molecule has 0 saturated carbocycles. The molecule has 0 radical (unpaired) electrons. The molecule has 0 aromatic rings. The summed E-state index contributed by atoms with van der Waals surface area (Å²) in [4.78, 5) is 0. The van der Waals surface area contributed by atoms with Gasteiger partial charge in [-0.05, 0) is 0 Å². The van der Waals surface area contributed by atoms with Crippen molar-refractivity contribution in [2.24, 2.45) is 0 Å². The van der Waals surface area contributed by atoms with Gasteiger partial charge in [0.1, 0.15) is 0 Å². The van der Waals surface area contributed by atoms with Crippen LogP contribution >= 0.6 is 0 Å². The molecular weight excluding hydrogens is 171 g/mol. The van der Waals surface area contributed by atoms with E-state index in [0.717, 1.165) is 0 Å². The Bertz CT molecular complexity index is 3.90. The minimum atomic E-state index is 0. The van der Waals surface area contributed by atoms with Gasteiger partial charge >= 0.3 is 0 Å². The molecule has 6 heavy (non-hydrogen) atoms. The zero-order valence-electron chi connectivity index (χ0n) is 3.00. The Kier molecular flexibility index (Phi) is 20600. The van der Waals surface area contributed by atoms with Crippen molar-refractivity contribution >= 4 is 0 Å². The van der Waals surface area contributed by atoms with Crippen LogP contribution in [0, 0.1) is 0 Å². The van der Waals surface area contributed by atoms with Crippen LogP contribution in [0.15, 0.2) is 0 Å². The molecule has 5 nitrogen and oxygen atoms in total. The fourth-order valence-electron chi connectivity index (χ4n) is 0. The maximum Gasteiger partial charge on any atom is 0 e. The second-order valence-corrected chi connectivity index (χ2v) is 0. The van der Waals surface area contributed by atoms with Crippen LogP contribution in [0.5, 0.6) is 0 Å². The van der Waals surface area contributed by atoms with E-state index in [1.54, 1.807) is 0 Å². The first-order chi connectivity index (χ1) is 0. The third-order valence-corrected chi connectivity index (χ3v) is 0. The molecule has 0 unspecified atom stereocenters. The Balaban J connectivity index is 0. The quantitative estimate of drug-likeness (QED) is 0.355. The van der Waals surface area contributed by atoms with Gasteiger partial charge in [0.05, 0.1) is 0 Å². The van der Waals surface area contributed by atoms with Crippen LogP contribution in [0.4, 0.5) is 0 Å². The molecule has 0 aromatic heterocycles.